The van der Waals surface area contributed by atoms with Crippen molar-refractivity contribution in [3.63, 3.8) is 0 Å². The number of ether oxygens (including phenoxy) is 1. The number of nitrogens with one attached hydrogen (secondary N) is 1. The van der Waals surface area contributed by atoms with Crippen molar-refractivity contribution in [2.45, 2.75) is 42.4 Å². The number of amides is 1. The van der Waals surface area contributed by atoms with Gasteiger partial charge >= 0.3 is 0 Å². The molecule has 2 atom stereocenters. The molecule has 3 saturated carbocycles. The second-order valence-electron chi connectivity index (χ2n) is 8.88. The number of hydrogen-bond acceptors (Lipinski definition) is 5. The Kier molecular flexibility index (Phi) is 5.76. The highest BCUT2D eigenvalue weighted by atomic mass is 35.5. The molecule has 0 aromatic heterocycles. The minimum absolute atomic E-state index is 0.0249. The number of benzene rings is 2. The second kappa shape index (κ2) is 8.01. The van der Waals surface area contributed by atoms with E-state index in [9.17, 15) is 22.7 Å². The van der Waals surface area contributed by atoms with Crippen molar-refractivity contribution >= 4 is 33.0 Å². The number of methoxy groups -OCH3 is 1. The molecule has 0 spiro atoms. The molecule has 172 valence electrons. The van der Waals surface area contributed by atoms with E-state index in [1.807, 2.05) is 6.92 Å². The highest BCUT2D eigenvalue weighted by Gasteiger charge is 2.61. The Hall–Kier alpha value is -2.16. The maximum atomic E-state index is 13.6. The molecule has 0 saturated heterocycles. The fraction of sp³-hybridized carbons (Fsp3) is 0.435. The number of rotatable bonds is 5. The van der Waals surface area contributed by atoms with Crippen LogP contribution in [-0.2, 0) is 9.84 Å². The van der Waals surface area contributed by atoms with Gasteiger partial charge in [0.1, 0.15) is 0 Å². The monoisotopic (exact) mass is 481 g/mol. The highest BCUT2D eigenvalue weighted by Crippen LogP contribution is 2.59. The van der Waals surface area contributed by atoms with Crippen molar-refractivity contribution in [2.24, 2.45) is 17.8 Å². The quantitative estimate of drug-likeness (QED) is 0.663. The molecule has 1 amide bonds. The van der Waals surface area contributed by atoms with Crippen LogP contribution in [-0.4, -0.2) is 37.4 Å². The third-order valence-corrected chi connectivity index (χ3v) is 9.81. The van der Waals surface area contributed by atoms with Crippen molar-refractivity contribution in [3.05, 3.63) is 52.8 Å². The Morgan fingerprint density at radius 2 is 1.88 bits per heavy atom. The average molecular weight is 482 g/mol. The highest BCUT2D eigenvalue weighted by molar-refractivity contribution is 7.92. The van der Waals surface area contributed by atoms with E-state index in [-0.39, 0.29) is 39.0 Å². The summed E-state index contributed by atoms with van der Waals surface area (Å²) in [4.78, 5) is 12.6. The van der Waals surface area contributed by atoms with Gasteiger partial charge in [0.25, 0.3) is 5.91 Å². The largest absolute Gasteiger partial charge is 0.494 e. The zero-order chi connectivity index (χ0) is 23.4. The average Bonchev–Trinajstić information content (AvgIpc) is 2.75. The molecule has 5 rings (SSSR count). The minimum atomic E-state index is -3.81. The van der Waals surface area contributed by atoms with Crippen LogP contribution in [0.4, 0.5) is 10.1 Å². The number of sulfone groups is 1. The van der Waals surface area contributed by atoms with E-state index in [2.05, 4.69) is 5.32 Å². The summed E-state index contributed by atoms with van der Waals surface area (Å²) in [5, 5.41) is 12.6. The van der Waals surface area contributed by atoms with Crippen molar-refractivity contribution in [2.75, 3.05) is 12.4 Å². The summed E-state index contributed by atoms with van der Waals surface area (Å²) in [6.45, 7) is 3.81. The van der Waals surface area contributed by atoms with E-state index in [0.717, 1.165) is 6.07 Å². The molecule has 0 aliphatic heterocycles. The molecule has 2 aromatic carbocycles. The van der Waals surface area contributed by atoms with Gasteiger partial charge in [-0.05, 0) is 67.9 Å². The lowest BCUT2D eigenvalue weighted by Crippen LogP contribution is -2.65. The van der Waals surface area contributed by atoms with Gasteiger partial charge in [-0.3, -0.25) is 4.79 Å². The summed E-state index contributed by atoms with van der Waals surface area (Å²) in [6.07, 6.45) is 0.713. The molecule has 2 bridgehead atoms. The van der Waals surface area contributed by atoms with Crippen LogP contribution in [0.5, 0.6) is 5.75 Å². The lowest BCUT2D eigenvalue weighted by molar-refractivity contribution is -0.204. The molecular formula is C23H25ClFNO5S. The lowest BCUT2D eigenvalue weighted by atomic mass is 9.48. The third kappa shape index (κ3) is 3.68. The maximum absolute atomic E-state index is 13.6. The van der Waals surface area contributed by atoms with Crippen molar-refractivity contribution in [1.29, 1.82) is 0 Å². The van der Waals surface area contributed by atoms with E-state index in [0.29, 0.717) is 18.5 Å². The van der Waals surface area contributed by atoms with Crippen LogP contribution in [0, 0.1) is 23.6 Å². The van der Waals surface area contributed by atoms with Crippen LogP contribution in [0.3, 0.4) is 0 Å². The van der Waals surface area contributed by atoms with Crippen LogP contribution in [0.1, 0.15) is 37.0 Å². The number of carbonyl (C=O) groups is 1. The van der Waals surface area contributed by atoms with E-state index in [4.69, 9.17) is 16.3 Å². The number of hydrogen-bond donors (Lipinski definition) is 2. The minimum Gasteiger partial charge on any atom is -0.494 e. The summed E-state index contributed by atoms with van der Waals surface area (Å²) in [7, 11) is -2.49. The molecule has 9 heteroatoms. The van der Waals surface area contributed by atoms with Gasteiger partial charge in [0.2, 0.25) is 0 Å². The van der Waals surface area contributed by atoms with Crippen LogP contribution in [0.15, 0.2) is 41.3 Å². The number of anilines is 1. The normalized spacial score (nSPS) is 29.2. The molecular weight excluding hydrogens is 457 g/mol. The molecule has 2 aromatic rings. The second-order valence-corrected chi connectivity index (χ2v) is 11.5. The maximum Gasteiger partial charge on any atom is 0.255 e. The van der Waals surface area contributed by atoms with Gasteiger partial charge < -0.3 is 15.2 Å². The smallest absolute Gasteiger partial charge is 0.255 e. The zero-order valence-corrected chi connectivity index (χ0v) is 19.5. The Labute approximate surface area is 191 Å². The first kappa shape index (κ1) is 23.0. The summed E-state index contributed by atoms with van der Waals surface area (Å²) in [6, 6.07) is 7.97. The number of aliphatic hydroxyl groups is 1. The van der Waals surface area contributed by atoms with Gasteiger partial charge in [-0.25, -0.2) is 12.8 Å². The van der Waals surface area contributed by atoms with Crippen LogP contribution >= 0.6 is 11.6 Å². The Morgan fingerprint density at radius 3 is 2.47 bits per heavy atom. The molecule has 0 radical (unpaired) electrons. The van der Waals surface area contributed by atoms with E-state index in [1.165, 1.54) is 37.4 Å². The Bertz CT molecular complexity index is 1170. The van der Waals surface area contributed by atoms with Crippen molar-refractivity contribution in [1.82, 2.24) is 0 Å². The topological polar surface area (TPSA) is 92.7 Å². The van der Waals surface area contributed by atoms with Crippen LogP contribution in [0.2, 0.25) is 5.02 Å². The fourth-order valence-corrected chi connectivity index (χ4v) is 7.66. The van der Waals surface area contributed by atoms with Gasteiger partial charge in [0.05, 0.1) is 27.9 Å². The molecule has 3 aliphatic rings. The Morgan fingerprint density at radius 1 is 1.22 bits per heavy atom. The fourth-order valence-electron chi connectivity index (χ4n) is 5.31. The predicted octanol–water partition coefficient (Wildman–Crippen LogP) is 4.31. The zero-order valence-electron chi connectivity index (χ0n) is 17.9. The van der Waals surface area contributed by atoms with E-state index in [1.54, 1.807) is 6.92 Å². The molecule has 0 heterocycles. The predicted molar refractivity (Wildman–Crippen MR) is 119 cm³/mol. The van der Waals surface area contributed by atoms with Gasteiger partial charge in [-0.15, -0.1) is 0 Å². The SMILES string of the molecule is COc1cc(NC(=O)c2ccc(Cl)c(S(=O)(=O)C3CC4[C@H](C)C(C3)[C@]4(C)O)c2)ccc1F. The first-order valence-corrected chi connectivity index (χ1v) is 12.3. The molecule has 3 fully saturated rings. The number of halogens is 2. The van der Waals surface area contributed by atoms with Gasteiger partial charge in [0.15, 0.2) is 21.4 Å². The summed E-state index contributed by atoms with van der Waals surface area (Å²) >= 11 is 6.24. The first-order valence-electron chi connectivity index (χ1n) is 10.4. The first-order chi connectivity index (χ1) is 15.0. The number of fused-ring (bicyclic) bond motifs is 2. The van der Waals surface area contributed by atoms with Crippen molar-refractivity contribution < 1.29 is 27.4 Å². The number of carbonyl (C=O) groups excluding carboxylic acids is 1. The molecule has 2 unspecified atom stereocenters. The summed E-state index contributed by atoms with van der Waals surface area (Å²) in [5.41, 5.74) is -0.429. The third-order valence-electron chi connectivity index (χ3n) is 7.15. The molecule has 32 heavy (non-hydrogen) atoms. The van der Waals surface area contributed by atoms with E-state index < -0.39 is 32.4 Å². The van der Waals surface area contributed by atoms with Gasteiger partial charge in [-0.2, -0.15) is 0 Å². The Balaban J connectivity index is 1.58. The van der Waals surface area contributed by atoms with Gasteiger partial charge in [-0.1, -0.05) is 18.5 Å². The van der Waals surface area contributed by atoms with Crippen LogP contribution in [0.25, 0.3) is 0 Å². The van der Waals surface area contributed by atoms with E-state index >= 15 is 0 Å². The van der Waals surface area contributed by atoms with Crippen LogP contribution < -0.4 is 10.1 Å². The summed E-state index contributed by atoms with van der Waals surface area (Å²) in [5.74, 6) is -1.04. The van der Waals surface area contributed by atoms with Crippen molar-refractivity contribution in [3.8, 4) is 5.75 Å². The molecule has 3 aliphatic carbocycles. The van der Waals surface area contributed by atoms with Gasteiger partial charge in [0, 0.05) is 17.3 Å². The standard InChI is InChI=1S/C23H25ClFNO5S/c1-12-16-10-15(11-17(12)23(16,2)28)32(29,30)21-8-13(4-6-18(21)24)22(27)26-14-5-7-19(25)20(9-14)31-3/h4-9,12,15-17,28H,10-11H2,1-3H3,(H,26,27)/t12-,15?,16?,17?,23+. The lowest BCUT2D eigenvalue weighted by Gasteiger charge is -2.61. The molecule has 6 nitrogen and oxygen atoms in total. The molecule has 2 N–H and O–H groups in total. The summed E-state index contributed by atoms with van der Waals surface area (Å²) < 4.78 is 45.3.